The summed E-state index contributed by atoms with van der Waals surface area (Å²) in [6.07, 6.45) is -0.799. The number of ether oxygens (including phenoxy) is 1. The van der Waals surface area contributed by atoms with Crippen LogP contribution in [0.2, 0.25) is 0 Å². The average molecular weight is 426 g/mol. The van der Waals surface area contributed by atoms with Crippen molar-refractivity contribution < 1.29 is 19.2 Å². The second-order valence-electron chi connectivity index (χ2n) is 6.94. The van der Waals surface area contributed by atoms with E-state index < -0.39 is 11.0 Å². The summed E-state index contributed by atoms with van der Waals surface area (Å²) in [5, 5.41) is 28.2. The van der Waals surface area contributed by atoms with Crippen molar-refractivity contribution in [3.05, 3.63) is 70.0 Å². The van der Waals surface area contributed by atoms with Crippen LogP contribution in [0, 0.1) is 17.0 Å². The summed E-state index contributed by atoms with van der Waals surface area (Å²) in [4.78, 5) is 14.7. The van der Waals surface area contributed by atoms with Gasteiger partial charge in [-0.1, -0.05) is 18.2 Å². The maximum Gasteiger partial charge on any atom is 0.269 e. The highest BCUT2D eigenvalue weighted by Crippen LogP contribution is 2.25. The number of guanidine groups is 1. The number of non-ortho nitro benzene ring substituents is 1. The Morgan fingerprint density at radius 3 is 2.65 bits per heavy atom. The highest BCUT2D eigenvalue weighted by Gasteiger charge is 2.11. The van der Waals surface area contributed by atoms with E-state index in [-0.39, 0.29) is 18.8 Å². The van der Waals surface area contributed by atoms with Gasteiger partial charge in [-0.25, -0.2) is 4.99 Å². The third-order valence-electron chi connectivity index (χ3n) is 4.66. The van der Waals surface area contributed by atoms with Gasteiger partial charge in [0.1, 0.15) is 36.3 Å². The minimum Gasteiger partial charge on any atom is -0.491 e. The minimum absolute atomic E-state index is 0.0132. The van der Waals surface area contributed by atoms with Crippen LogP contribution in [-0.4, -0.2) is 41.8 Å². The van der Waals surface area contributed by atoms with E-state index in [1.165, 1.54) is 24.3 Å². The number of hydrogen-bond acceptors (Lipinski definition) is 6. The van der Waals surface area contributed by atoms with Gasteiger partial charge >= 0.3 is 0 Å². The second kappa shape index (κ2) is 10.4. The zero-order chi connectivity index (χ0) is 22.2. The molecule has 0 amide bonds. The number of nitro benzene ring substituents is 1. The third kappa shape index (κ3) is 5.95. The Hall–Kier alpha value is -3.59. The first-order valence-corrected chi connectivity index (χ1v) is 10.0. The molecule has 0 bridgehead atoms. The molecule has 0 fully saturated rings. The molecule has 0 spiro atoms. The maximum absolute atomic E-state index is 10.7. The topological polar surface area (TPSA) is 122 Å². The maximum atomic E-state index is 10.7. The van der Waals surface area contributed by atoms with Gasteiger partial charge in [-0.3, -0.25) is 10.1 Å². The first kappa shape index (κ1) is 22.1. The molecule has 1 aromatic heterocycles. The van der Waals surface area contributed by atoms with Crippen LogP contribution in [0.3, 0.4) is 0 Å². The molecule has 3 rings (SSSR count). The quantitative estimate of drug-likeness (QED) is 0.208. The number of hydrogen-bond donors (Lipinski definition) is 3. The van der Waals surface area contributed by atoms with Crippen LogP contribution in [0.15, 0.2) is 57.9 Å². The standard InChI is InChI=1S/C22H26N4O5/c1-3-23-22(25-13-21-15(2)19-6-4-5-7-20(19)31-21)24-12-17(27)14-30-18-10-8-16(9-11-18)26(28)29/h4-11,17,27H,3,12-14H2,1-2H3,(H2,23,24,25). The zero-order valence-corrected chi connectivity index (χ0v) is 17.5. The van der Waals surface area contributed by atoms with Gasteiger partial charge in [-0.2, -0.15) is 0 Å². The lowest BCUT2D eigenvalue weighted by molar-refractivity contribution is -0.384. The Kier molecular flexibility index (Phi) is 7.45. The fraction of sp³-hybridized carbons (Fsp3) is 0.318. The molecule has 0 aliphatic rings. The molecule has 3 N–H and O–H groups in total. The van der Waals surface area contributed by atoms with Gasteiger partial charge in [0.05, 0.1) is 4.92 Å². The number of benzene rings is 2. The largest absolute Gasteiger partial charge is 0.491 e. The van der Waals surface area contributed by atoms with Gasteiger partial charge < -0.3 is 24.9 Å². The van der Waals surface area contributed by atoms with E-state index in [1.54, 1.807) is 0 Å². The number of rotatable bonds is 9. The first-order valence-electron chi connectivity index (χ1n) is 10.0. The van der Waals surface area contributed by atoms with Crippen molar-refractivity contribution in [2.45, 2.75) is 26.5 Å². The van der Waals surface area contributed by atoms with Crippen molar-refractivity contribution in [3.63, 3.8) is 0 Å². The van der Waals surface area contributed by atoms with E-state index in [9.17, 15) is 15.2 Å². The molecule has 0 saturated heterocycles. The lowest BCUT2D eigenvalue weighted by atomic mass is 10.1. The molecule has 3 aromatic rings. The van der Waals surface area contributed by atoms with E-state index in [0.29, 0.717) is 24.8 Å². The molecule has 1 atom stereocenters. The molecule has 0 saturated carbocycles. The van der Waals surface area contributed by atoms with Crippen LogP contribution in [0.5, 0.6) is 5.75 Å². The van der Waals surface area contributed by atoms with Gasteiger partial charge in [-0.15, -0.1) is 0 Å². The summed E-state index contributed by atoms with van der Waals surface area (Å²) < 4.78 is 11.4. The Morgan fingerprint density at radius 1 is 1.23 bits per heavy atom. The summed E-state index contributed by atoms with van der Waals surface area (Å²) in [5.41, 5.74) is 1.88. The first-order chi connectivity index (χ1) is 15.0. The number of furan rings is 1. The Balaban J connectivity index is 1.53. The van der Waals surface area contributed by atoms with Crippen LogP contribution in [0.1, 0.15) is 18.2 Å². The summed E-state index contributed by atoms with van der Waals surface area (Å²) in [5.74, 6) is 1.79. The van der Waals surface area contributed by atoms with E-state index in [4.69, 9.17) is 9.15 Å². The summed E-state index contributed by atoms with van der Waals surface area (Å²) in [6.45, 7) is 5.25. The molecule has 9 heteroatoms. The zero-order valence-electron chi connectivity index (χ0n) is 17.5. The highest BCUT2D eigenvalue weighted by molar-refractivity contribution is 5.82. The van der Waals surface area contributed by atoms with Crippen molar-refractivity contribution in [2.75, 3.05) is 19.7 Å². The monoisotopic (exact) mass is 426 g/mol. The molecule has 1 unspecified atom stereocenters. The minimum atomic E-state index is -0.799. The van der Waals surface area contributed by atoms with Gasteiger partial charge in [0.15, 0.2) is 5.96 Å². The summed E-state index contributed by atoms with van der Waals surface area (Å²) >= 11 is 0. The SMILES string of the molecule is CCNC(=NCc1oc2ccccc2c1C)NCC(O)COc1ccc([N+](=O)[O-])cc1. The van der Waals surface area contributed by atoms with Crippen molar-refractivity contribution in [2.24, 2.45) is 4.99 Å². The number of nitrogens with zero attached hydrogens (tertiary/aromatic N) is 2. The number of aliphatic hydroxyl groups excluding tert-OH is 1. The number of fused-ring (bicyclic) bond motifs is 1. The fourth-order valence-corrected chi connectivity index (χ4v) is 3.00. The molecule has 0 aliphatic heterocycles. The molecular weight excluding hydrogens is 400 g/mol. The van der Waals surface area contributed by atoms with E-state index in [1.807, 2.05) is 38.1 Å². The van der Waals surface area contributed by atoms with Crippen molar-refractivity contribution in [1.29, 1.82) is 0 Å². The highest BCUT2D eigenvalue weighted by atomic mass is 16.6. The summed E-state index contributed by atoms with van der Waals surface area (Å²) in [6, 6.07) is 13.6. The van der Waals surface area contributed by atoms with Crippen molar-refractivity contribution >= 4 is 22.6 Å². The molecule has 1 heterocycles. The number of nitro groups is 1. The van der Waals surface area contributed by atoms with E-state index in [0.717, 1.165) is 22.3 Å². The van der Waals surface area contributed by atoms with E-state index in [2.05, 4.69) is 15.6 Å². The molecule has 2 aromatic carbocycles. The van der Waals surface area contributed by atoms with Crippen LogP contribution >= 0.6 is 0 Å². The smallest absolute Gasteiger partial charge is 0.269 e. The lowest BCUT2D eigenvalue weighted by Crippen LogP contribution is -2.42. The number of aryl methyl sites for hydroxylation is 1. The Morgan fingerprint density at radius 2 is 1.97 bits per heavy atom. The van der Waals surface area contributed by atoms with Crippen molar-refractivity contribution in [3.8, 4) is 5.75 Å². The fourth-order valence-electron chi connectivity index (χ4n) is 3.00. The van der Waals surface area contributed by atoms with Crippen LogP contribution in [-0.2, 0) is 6.54 Å². The summed E-state index contributed by atoms with van der Waals surface area (Å²) in [7, 11) is 0. The number of nitrogens with one attached hydrogen (secondary N) is 2. The van der Waals surface area contributed by atoms with Gasteiger partial charge in [-0.05, 0) is 32.0 Å². The number of aliphatic hydroxyl groups is 1. The van der Waals surface area contributed by atoms with Crippen molar-refractivity contribution in [1.82, 2.24) is 10.6 Å². The average Bonchev–Trinajstić information content (AvgIpc) is 3.10. The number of aliphatic imine (C=N–C) groups is 1. The predicted molar refractivity (Wildman–Crippen MR) is 118 cm³/mol. The molecule has 0 radical (unpaired) electrons. The predicted octanol–water partition coefficient (Wildman–Crippen LogP) is 3.14. The third-order valence-corrected chi connectivity index (χ3v) is 4.66. The number of para-hydroxylation sites is 1. The van der Waals surface area contributed by atoms with Crippen LogP contribution in [0.4, 0.5) is 5.69 Å². The van der Waals surface area contributed by atoms with Crippen LogP contribution in [0.25, 0.3) is 11.0 Å². The molecular formula is C22H26N4O5. The normalized spacial score (nSPS) is 12.5. The lowest BCUT2D eigenvalue weighted by Gasteiger charge is -2.16. The molecule has 164 valence electrons. The second-order valence-corrected chi connectivity index (χ2v) is 6.94. The van der Waals surface area contributed by atoms with Gasteiger partial charge in [0.2, 0.25) is 0 Å². The van der Waals surface area contributed by atoms with Gasteiger partial charge in [0.25, 0.3) is 5.69 Å². The van der Waals surface area contributed by atoms with E-state index >= 15 is 0 Å². The Bertz CT molecular complexity index is 1050. The molecule has 31 heavy (non-hydrogen) atoms. The Labute approximate surface area is 179 Å². The molecule has 9 nitrogen and oxygen atoms in total. The molecule has 0 aliphatic carbocycles. The van der Waals surface area contributed by atoms with Gasteiger partial charge in [0, 0.05) is 36.2 Å². The van der Waals surface area contributed by atoms with Crippen LogP contribution < -0.4 is 15.4 Å².